The van der Waals surface area contributed by atoms with Gasteiger partial charge in [-0.25, -0.2) is 4.98 Å². The van der Waals surface area contributed by atoms with Crippen molar-refractivity contribution in [3.63, 3.8) is 0 Å². The van der Waals surface area contributed by atoms with E-state index >= 15 is 0 Å². The zero-order chi connectivity index (χ0) is 26.9. The highest BCUT2D eigenvalue weighted by Crippen LogP contribution is 2.60. The van der Waals surface area contributed by atoms with Crippen LogP contribution in [0.15, 0.2) is 30.5 Å². The van der Waals surface area contributed by atoms with Gasteiger partial charge in [0.25, 0.3) is 0 Å². The highest BCUT2D eigenvalue weighted by Gasteiger charge is 2.55. The van der Waals surface area contributed by atoms with E-state index in [2.05, 4.69) is 32.0 Å². The van der Waals surface area contributed by atoms with E-state index in [9.17, 15) is 10.1 Å². The van der Waals surface area contributed by atoms with Crippen LogP contribution < -0.4 is 16.0 Å². The first kappa shape index (κ1) is 26.7. The minimum atomic E-state index is -0.466. The summed E-state index contributed by atoms with van der Waals surface area (Å²) < 4.78 is 5.51. The lowest BCUT2D eigenvalue weighted by molar-refractivity contribution is -0.154. The third-order valence-corrected chi connectivity index (χ3v) is 8.61. The van der Waals surface area contributed by atoms with Crippen molar-refractivity contribution in [3.05, 3.63) is 46.6 Å². The quantitative estimate of drug-likeness (QED) is 0.377. The lowest BCUT2D eigenvalue weighted by Gasteiger charge is -2.60. The van der Waals surface area contributed by atoms with Crippen molar-refractivity contribution in [3.8, 4) is 6.07 Å². The van der Waals surface area contributed by atoms with Gasteiger partial charge in [-0.1, -0.05) is 29.8 Å². The Morgan fingerprint density at radius 2 is 1.92 bits per heavy atom. The van der Waals surface area contributed by atoms with Crippen molar-refractivity contribution in [1.29, 1.82) is 5.26 Å². The zero-order valence-electron chi connectivity index (χ0n) is 22.4. The third kappa shape index (κ3) is 6.05. The largest absolute Gasteiger partial charge is 0.459 e. The molecule has 0 amide bonds. The van der Waals surface area contributed by atoms with Crippen LogP contribution in [-0.2, 0) is 16.1 Å². The van der Waals surface area contributed by atoms with Crippen molar-refractivity contribution >= 4 is 29.3 Å². The molecule has 3 N–H and O–H groups in total. The Morgan fingerprint density at radius 3 is 2.61 bits per heavy atom. The van der Waals surface area contributed by atoms with Crippen LogP contribution in [0.3, 0.4) is 0 Å². The molecule has 2 aromatic rings. The summed E-state index contributed by atoms with van der Waals surface area (Å²) >= 11 is 6.28. The molecule has 1 aromatic heterocycles. The molecule has 5 atom stereocenters. The summed E-state index contributed by atoms with van der Waals surface area (Å²) in [5.41, 5.74) is 1.12. The highest BCUT2D eigenvalue weighted by atomic mass is 35.5. The maximum absolute atomic E-state index is 12.3. The van der Waals surface area contributed by atoms with Crippen molar-refractivity contribution < 1.29 is 9.53 Å². The van der Waals surface area contributed by atoms with Crippen molar-refractivity contribution in [2.75, 3.05) is 23.7 Å². The third-order valence-electron chi connectivity index (χ3n) is 8.24. The van der Waals surface area contributed by atoms with Crippen LogP contribution in [-0.4, -0.2) is 40.7 Å². The Bertz CT molecular complexity index is 1210. The predicted octanol–water partition coefficient (Wildman–Crippen LogP) is 5.15. The smallest absolute Gasteiger partial charge is 0.320 e. The van der Waals surface area contributed by atoms with Gasteiger partial charge < -0.3 is 20.7 Å². The van der Waals surface area contributed by atoms with Crippen LogP contribution in [0.25, 0.3) is 0 Å². The second-order valence-electron chi connectivity index (χ2n) is 12.3. The minimum Gasteiger partial charge on any atom is -0.459 e. The molecule has 6 rings (SSSR count). The van der Waals surface area contributed by atoms with Crippen molar-refractivity contribution in [2.24, 2.45) is 23.2 Å². The fourth-order valence-electron chi connectivity index (χ4n) is 7.09. The molecule has 1 unspecified atom stereocenters. The van der Waals surface area contributed by atoms with E-state index in [1.54, 1.807) is 6.20 Å². The second kappa shape index (κ2) is 10.7. The average Bonchev–Trinajstić information content (AvgIpc) is 2.85. The fraction of sp³-hybridized carbons (Fsp3) is 0.586. The number of aromatic nitrogens is 2. The number of rotatable bonds is 9. The van der Waals surface area contributed by atoms with Crippen LogP contribution in [0.4, 0.5) is 11.8 Å². The molecule has 0 radical (unpaired) electrons. The Kier molecular flexibility index (Phi) is 7.52. The summed E-state index contributed by atoms with van der Waals surface area (Å²) in [4.78, 5) is 21.3. The predicted molar refractivity (Wildman–Crippen MR) is 148 cm³/mol. The maximum Gasteiger partial charge on any atom is 0.320 e. The van der Waals surface area contributed by atoms with E-state index in [1.807, 2.05) is 45.0 Å². The number of carbonyl (C=O) groups excluding carboxylic acids is 1. The lowest BCUT2D eigenvalue weighted by atomic mass is 9.48. The number of nitriles is 1. The molecule has 9 heteroatoms. The number of benzene rings is 1. The Hall–Kier alpha value is -2.89. The molecular weight excluding hydrogens is 500 g/mol. The molecule has 4 saturated carbocycles. The summed E-state index contributed by atoms with van der Waals surface area (Å²) in [6.07, 6.45) is 7.44. The number of ether oxygens (including phenoxy) is 1. The first-order valence-corrected chi connectivity index (χ1v) is 13.9. The van der Waals surface area contributed by atoms with E-state index < -0.39 is 5.60 Å². The van der Waals surface area contributed by atoms with Gasteiger partial charge in [-0.15, -0.1) is 0 Å². The van der Waals surface area contributed by atoms with E-state index in [-0.39, 0.29) is 17.9 Å². The lowest BCUT2D eigenvalue weighted by Crippen LogP contribution is -2.60. The Balaban J connectivity index is 1.21. The molecule has 1 heterocycles. The van der Waals surface area contributed by atoms with Crippen LogP contribution in [0.5, 0.6) is 0 Å². The number of nitrogens with zero attached hydrogens (tertiary/aromatic N) is 3. The van der Waals surface area contributed by atoms with Gasteiger partial charge in [-0.05, 0) is 87.7 Å². The van der Waals surface area contributed by atoms with Crippen LogP contribution in [0.2, 0.25) is 5.02 Å². The van der Waals surface area contributed by atoms with Gasteiger partial charge in [0.2, 0.25) is 5.95 Å². The molecule has 0 spiro atoms. The summed E-state index contributed by atoms with van der Waals surface area (Å²) in [5, 5.41) is 20.7. The molecule has 202 valence electrons. The molecule has 4 bridgehead atoms. The number of esters is 1. The molecular formula is C29H37ClN6O2. The van der Waals surface area contributed by atoms with Gasteiger partial charge in [0, 0.05) is 24.2 Å². The SMILES string of the molecule is CC(C)(C)OC(=O)CN[C@@H]1[C@@H]2CC3C[C@H]1C[C@](CNc1nc(NCc4ccccc4Cl)ncc1C#N)(C3)C2. The van der Waals surface area contributed by atoms with E-state index in [1.165, 1.54) is 19.3 Å². The van der Waals surface area contributed by atoms with Gasteiger partial charge in [0.05, 0.1) is 12.7 Å². The number of carbonyl (C=O) groups is 1. The van der Waals surface area contributed by atoms with Crippen LogP contribution >= 0.6 is 11.6 Å². The summed E-state index contributed by atoms with van der Waals surface area (Å²) in [6.45, 7) is 7.25. The molecule has 0 aliphatic heterocycles. The standard InChI is InChI=1S/C29H37ClN6O2/c1-28(2,3)38-24(37)16-32-25-20-8-18-9-21(25)12-29(10-18,11-20)17-35-26-22(13-31)15-34-27(36-26)33-14-19-6-4-5-7-23(19)30/h4-7,15,18,20-21,25,32H,8-12,14,16-17H2,1-3H3,(H2,33,34,35,36)/t18?,20-,21+,25-,29+. The first-order chi connectivity index (χ1) is 18.1. The van der Waals surface area contributed by atoms with Crippen molar-refractivity contribution in [1.82, 2.24) is 15.3 Å². The molecule has 4 aliphatic rings. The fourth-order valence-corrected chi connectivity index (χ4v) is 7.29. The summed E-state index contributed by atoms with van der Waals surface area (Å²) in [6, 6.07) is 10.2. The number of anilines is 2. The van der Waals surface area contributed by atoms with Crippen molar-refractivity contribution in [2.45, 2.75) is 71.1 Å². The maximum atomic E-state index is 12.3. The number of halogens is 1. The molecule has 0 saturated heterocycles. The topological polar surface area (TPSA) is 112 Å². The highest BCUT2D eigenvalue weighted by molar-refractivity contribution is 6.31. The van der Waals surface area contributed by atoms with Gasteiger partial charge >= 0.3 is 5.97 Å². The van der Waals surface area contributed by atoms with Gasteiger partial charge in [-0.3, -0.25) is 4.79 Å². The Labute approximate surface area is 229 Å². The Morgan fingerprint density at radius 1 is 1.18 bits per heavy atom. The zero-order valence-corrected chi connectivity index (χ0v) is 23.1. The molecule has 1 aromatic carbocycles. The molecule has 4 aliphatic carbocycles. The first-order valence-electron chi connectivity index (χ1n) is 13.6. The molecule has 8 nitrogen and oxygen atoms in total. The minimum absolute atomic E-state index is 0.184. The number of hydrogen-bond acceptors (Lipinski definition) is 8. The van der Waals surface area contributed by atoms with Crippen LogP contribution in [0, 0.1) is 34.5 Å². The average molecular weight is 537 g/mol. The van der Waals surface area contributed by atoms with E-state index in [0.717, 1.165) is 30.9 Å². The number of hydrogen-bond donors (Lipinski definition) is 3. The van der Waals surface area contributed by atoms with Gasteiger partial charge in [-0.2, -0.15) is 10.2 Å². The number of nitrogens with one attached hydrogen (secondary N) is 3. The second-order valence-corrected chi connectivity index (χ2v) is 12.7. The monoisotopic (exact) mass is 536 g/mol. The summed E-state index contributed by atoms with van der Waals surface area (Å²) in [5.74, 6) is 2.68. The van der Waals surface area contributed by atoms with Crippen LogP contribution in [0.1, 0.15) is 64.0 Å². The van der Waals surface area contributed by atoms with E-state index in [4.69, 9.17) is 16.3 Å². The molecule has 38 heavy (non-hydrogen) atoms. The molecule has 4 fully saturated rings. The van der Waals surface area contributed by atoms with Gasteiger partial charge in [0.15, 0.2) is 0 Å². The summed E-state index contributed by atoms with van der Waals surface area (Å²) in [7, 11) is 0. The van der Waals surface area contributed by atoms with Gasteiger partial charge in [0.1, 0.15) is 23.1 Å². The normalized spacial score (nSPS) is 27.6. The van der Waals surface area contributed by atoms with E-state index in [0.29, 0.717) is 46.8 Å².